The molecule has 1 radical (unpaired) electrons. The van der Waals surface area contributed by atoms with Crippen LogP contribution in [0.5, 0.6) is 0 Å². The topological polar surface area (TPSA) is 0 Å². The number of rotatable bonds is 1. The zero-order valence-electron chi connectivity index (χ0n) is 8.90. The summed E-state index contributed by atoms with van der Waals surface area (Å²) < 4.78 is 0. The van der Waals surface area contributed by atoms with Crippen LogP contribution in [-0.4, -0.2) is 0 Å². The molecular weight excluding hydrogens is 257 g/mol. The molecule has 0 N–H and O–H groups in total. The van der Waals surface area contributed by atoms with Crippen molar-refractivity contribution in [3.8, 4) is 11.1 Å². The molecule has 0 amide bonds. The SMILES string of the molecule is [CH2-]c1ccc(-c2ccc(C)cc2)cc1.[Y]. The van der Waals surface area contributed by atoms with Gasteiger partial charge in [0.2, 0.25) is 0 Å². The van der Waals surface area contributed by atoms with Crippen LogP contribution in [-0.2, 0) is 32.7 Å². The molecule has 0 bridgehead atoms. The van der Waals surface area contributed by atoms with Crippen molar-refractivity contribution in [1.82, 2.24) is 0 Å². The van der Waals surface area contributed by atoms with Gasteiger partial charge >= 0.3 is 0 Å². The van der Waals surface area contributed by atoms with Gasteiger partial charge in [-0.25, -0.2) is 0 Å². The second kappa shape index (κ2) is 5.48. The van der Waals surface area contributed by atoms with Crippen molar-refractivity contribution in [2.75, 3.05) is 0 Å². The molecular formula is C14H13Y-. The molecule has 0 fully saturated rings. The molecule has 1 heteroatoms. The molecule has 0 atom stereocenters. The van der Waals surface area contributed by atoms with E-state index >= 15 is 0 Å². The Morgan fingerprint density at radius 3 is 1.60 bits per heavy atom. The predicted molar refractivity (Wildman–Crippen MR) is 61.1 cm³/mol. The van der Waals surface area contributed by atoms with Crippen molar-refractivity contribution in [2.45, 2.75) is 6.92 Å². The quantitative estimate of drug-likeness (QED) is 0.691. The smallest absolute Gasteiger partial charge is 0 e. The van der Waals surface area contributed by atoms with E-state index in [1.54, 1.807) is 0 Å². The normalized spacial score (nSPS) is 9.40. The Balaban J connectivity index is 0.00000112. The fourth-order valence-electron chi connectivity index (χ4n) is 1.44. The molecule has 0 aliphatic carbocycles. The minimum atomic E-state index is 0. The van der Waals surface area contributed by atoms with E-state index in [-0.39, 0.29) is 32.7 Å². The van der Waals surface area contributed by atoms with Gasteiger partial charge in [0.1, 0.15) is 0 Å². The average molecular weight is 270 g/mol. The van der Waals surface area contributed by atoms with Crippen LogP contribution in [0.2, 0.25) is 0 Å². The van der Waals surface area contributed by atoms with Crippen molar-refractivity contribution in [1.29, 1.82) is 0 Å². The van der Waals surface area contributed by atoms with E-state index in [0.717, 1.165) is 5.56 Å². The molecule has 15 heavy (non-hydrogen) atoms. The molecule has 2 rings (SSSR count). The second-order valence-corrected chi connectivity index (χ2v) is 3.56. The maximum Gasteiger partial charge on any atom is 0 e. The number of hydrogen-bond acceptors (Lipinski definition) is 0. The first kappa shape index (κ1) is 12.5. The van der Waals surface area contributed by atoms with Gasteiger partial charge in [-0.1, -0.05) is 29.8 Å². The van der Waals surface area contributed by atoms with Crippen LogP contribution in [0.1, 0.15) is 11.1 Å². The number of benzene rings is 2. The third-order valence-corrected chi connectivity index (χ3v) is 2.34. The third kappa shape index (κ3) is 3.19. The van der Waals surface area contributed by atoms with E-state index in [0.29, 0.717) is 0 Å². The zero-order chi connectivity index (χ0) is 9.97. The molecule has 73 valence electrons. The summed E-state index contributed by atoms with van der Waals surface area (Å²) >= 11 is 0. The zero-order valence-corrected chi connectivity index (χ0v) is 11.7. The molecule has 2 aromatic rings. The summed E-state index contributed by atoms with van der Waals surface area (Å²) in [5.74, 6) is 0. The van der Waals surface area contributed by atoms with Gasteiger partial charge in [-0.05, 0) is 18.1 Å². The minimum absolute atomic E-state index is 0. The fourth-order valence-corrected chi connectivity index (χ4v) is 1.44. The molecule has 0 spiro atoms. The van der Waals surface area contributed by atoms with E-state index in [1.165, 1.54) is 16.7 Å². The van der Waals surface area contributed by atoms with Crippen LogP contribution in [0.4, 0.5) is 0 Å². The first-order valence-electron chi connectivity index (χ1n) is 4.75. The Morgan fingerprint density at radius 2 is 1.13 bits per heavy atom. The van der Waals surface area contributed by atoms with Gasteiger partial charge < -0.3 is 0 Å². The van der Waals surface area contributed by atoms with Gasteiger partial charge in [-0.15, -0.1) is 12.1 Å². The van der Waals surface area contributed by atoms with E-state index in [1.807, 2.05) is 12.1 Å². The third-order valence-electron chi connectivity index (χ3n) is 2.34. The molecule has 0 unspecified atom stereocenters. The van der Waals surface area contributed by atoms with Crippen LogP contribution < -0.4 is 0 Å². The van der Waals surface area contributed by atoms with Crippen molar-refractivity contribution in [3.63, 3.8) is 0 Å². The first-order valence-corrected chi connectivity index (χ1v) is 4.75. The Bertz CT molecular complexity index is 369. The summed E-state index contributed by atoms with van der Waals surface area (Å²) in [5.41, 5.74) is 4.86. The van der Waals surface area contributed by atoms with Gasteiger partial charge in [-0.2, -0.15) is 24.6 Å². The molecule has 0 aliphatic heterocycles. The summed E-state index contributed by atoms with van der Waals surface area (Å²) in [6.45, 7) is 5.97. The molecule has 0 aromatic heterocycles. The number of aryl methyl sites for hydroxylation is 1. The van der Waals surface area contributed by atoms with Gasteiger partial charge in [0, 0.05) is 32.7 Å². The summed E-state index contributed by atoms with van der Waals surface area (Å²) in [6, 6.07) is 16.8. The van der Waals surface area contributed by atoms with Crippen molar-refractivity contribution >= 4 is 0 Å². The molecule has 0 nitrogen and oxygen atoms in total. The fraction of sp³-hybridized carbons (Fsp3) is 0.0714. The Morgan fingerprint density at radius 1 is 0.733 bits per heavy atom. The van der Waals surface area contributed by atoms with Gasteiger partial charge in [-0.3, -0.25) is 0 Å². The Labute approximate surface area is 117 Å². The van der Waals surface area contributed by atoms with Gasteiger partial charge in [0.15, 0.2) is 0 Å². The van der Waals surface area contributed by atoms with E-state index in [4.69, 9.17) is 0 Å². The molecule has 0 saturated heterocycles. The Hall–Kier alpha value is -0.586. The van der Waals surface area contributed by atoms with Crippen LogP contribution in [0.25, 0.3) is 11.1 Å². The standard InChI is InChI=1S/C14H13.Y/c1-11-3-7-13(8-4-11)14-9-5-12(2)6-10-14;/h3-10H,1H2,2H3;/q-1;. The monoisotopic (exact) mass is 270 g/mol. The molecule has 0 heterocycles. The predicted octanol–water partition coefficient (Wildman–Crippen LogP) is 3.84. The minimum Gasteiger partial charge on any atom is -0.199 e. The summed E-state index contributed by atoms with van der Waals surface area (Å²) in [5, 5.41) is 0. The largest absolute Gasteiger partial charge is 0.199 e. The second-order valence-electron chi connectivity index (χ2n) is 3.56. The van der Waals surface area contributed by atoms with E-state index in [9.17, 15) is 0 Å². The van der Waals surface area contributed by atoms with Crippen LogP contribution >= 0.6 is 0 Å². The average Bonchev–Trinajstić information content (AvgIpc) is 2.21. The van der Waals surface area contributed by atoms with Gasteiger partial charge in [0.25, 0.3) is 0 Å². The van der Waals surface area contributed by atoms with Crippen molar-refractivity contribution in [2.24, 2.45) is 0 Å². The van der Waals surface area contributed by atoms with E-state index in [2.05, 4.69) is 50.2 Å². The summed E-state index contributed by atoms with van der Waals surface area (Å²) in [7, 11) is 0. The maximum absolute atomic E-state index is 3.87. The van der Waals surface area contributed by atoms with Crippen molar-refractivity contribution in [3.05, 3.63) is 66.6 Å². The van der Waals surface area contributed by atoms with Crippen LogP contribution in [0.3, 0.4) is 0 Å². The molecule has 2 aromatic carbocycles. The first-order chi connectivity index (χ1) is 6.75. The van der Waals surface area contributed by atoms with Crippen LogP contribution in [0.15, 0.2) is 48.5 Å². The maximum atomic E-state index is 3.87. The molecule has 0 aliphatic rings. The van der Waals surface area contributed by atoms with E-state index < -0.39 is 0 Å². The van der Waals surface area contributed by atoms with Crippen LogP contribution in [0, 0.1) is 13.8 Å². The van der Waals surface area contributed by atoms with Gasteiger partial charge in [0.05, 0.1) is 0 Å². The molecule has 0 saturated carbocycles. The Kier molecular flexibility index (Phi) is 4.56. The van der Waals surface area contributed by atoms with Crippen molar-refractivity contribution < 1.29 is 32.7 Å². The summed E-state index contributed by atoms with van der Waals surface area (Å²) in [6.07, 6.45) is 0. The summed E-state index contributed by atoms with van der Waals surface area (Å²) in [4.78, 5) is 0. The number of hydrogen-bond donors (Lipinski definition) is 0.